The molecule has 4 heteroatoms. The Morgan fingerprint density at radius 1 is 0.893 bits per heavy atom. The molecule has 28 heavy (non-hydrogen) atoms. The van der Waals surface area contributed by atoms with Gasteiger partial charge in [-0.15, -0.1) is 0 Å². The van der Waals surface area contributed by atoms with Gasteiger partial charge < -0.3 is 10.0 Å². The van der Waals surface area contributed by atoms with E-state index in [1.807, 2.05) is 36.4 Å². The molecule has 3 aromatic rings. The predicted octanol–water partition coefficient (Wildman–Crippen LogP) is 4.31. The number of carbonyl (C=O) groups is 1. The van der Waals surface area contributed by atoms with E-state index in [-0.39, 0.29) is 24.5 Å². The summed E-state index contributed by atoms with van der Waals surface area (Å²) < 4.78 is 13.5. The van der Waals surface area contributed by atoms with E-state index >= 15 is 0 Å². The van der Waals surface area contributed by atoms with Crippen LogP contribution >= 0.6 is 0 Å². The summed E-state index contributed by atoms with van der Waals surface area (Å²) >= 11 is 0. The van der Waals surface area contributed by atoms with E-state index in [9.17, 15) is 14.3 Å². The molecule has 0 aliphatic heterocycles. The third-order valence-electron chi connectivity index (χ3n) is 4.85. The molecule has 0 saturated carbocycles. The van der Waals surface area contributed by atoms with Crippen LogP contribution in [0.2, 0.25) is 0 Å². The number of rotatable bonds is 7. The minimum atomic E-state index is -0.460. The molecular weight excluding hydrogens is 353 g/mol. The van der Waals surface area contributed by atoms with Crippen LogP contribution in [0.25, 0.3) is 0 Å². The van der Waals surface area contributed by atoms with Crippen LogP contribution in [0.5, 0.6) is 0 Å². The lowest BCUT2D eigenvalue weighted by Gasteiger charge is -2.18. The van der Waals surface area contributed by atoms with Gasteiger partial charge >= 0.3 is 0 Å². The van der Waals surface area contributed by atoms with E-state index in [0.717, 1.165) is 18.5 Å². The van der Waals surface area contributed by atoms with E-state index in [1.165, 1.54) is 23.3 Å². The van der Waals surface area contributed by atoms with Gasteiger partial charge in [0.2, 0.25) is 5.91 Å². The van der Waals surface area contributed by atoms with Crippen molar-refractivity contribution in [3.8, 4) is 0 Å². The molecule has 3 aromatic carbocycles. The van der Waals surface area contributed by atoms with Gasteiger partial charge in [0.15, 0.2) is 0 Å². The molecule has 1 N–H and O–H groups in total. The Bertz CT molecular complexity index is 940. The fraction of sp³-hybridized carbons (Fsp3) is 0.208. The number of hydrogen-bond donors (Lipinski definition) is 1. The first-order valence-corrected chi connectivity index (χ1v) is 9.34. The van der Waals surface area contributed by atoms with Crippen molar-refractivity contribution in [2.75, 3.05) is 11.9 Å². The summed E-state index contributed by atoms with van der Waals surface area (Å²) in [4.78, 5) is 14.3. The minimum absolute atomic E-state index is 0.0873. The van der Waals surface area contributed by atoms with Gasteiger partial charge in [0, 0.05) is 18.3 Å². The van der Waals surface area contributed by atoms with Crippen molar-refractivity contribution >= 4 is 11.6 Å². The fourth-order valence-electron chi connectivity index (χ4n) is 3.15. The third kappa shape index (κ3) is 5.05. The first kappa shape index (κ1) is 19.8. The highest BCUT2D eigenvalue weighted by atomic mass is 19.1. The van der Waals surface area contributed by atoms with E-state index in [1.54, 1.807) is 18.0 Å². The Labute approximate surface area is 165 Å². The molecular formula is C24H24FNO2. The van der Waals surface area contributed by atoms with Gasteiger partial charge in [-0.05, 0) is 47.7 Å². The number of nitrogens with zero attached hydrogens (tertiary/aromatic N) is 1. The number of anilines is 1. The summed E-state index contributed by atoms with van der Waals surface area (Å²) in [5.41, 5.74) is 4.18. The maximum absolute atomic E-state index is 13.5. The summed E-state index contributed by atoms with van der Waals surface area (Å²) in [7, 11) is 1.75. The number of benzene rings is 3. The molecule has 0 aliphatic carbocycles. The van der Waals surface area contributed by atoms with E-state index < -0.39 is 5.82 Å². The van der Waals surface area contributed by atoms with Gasteiger partial charge in [0.25, 0.3) is 0 Å². The monoisotopic (exact) mass is 377 g/mol. The Balaban J connectivity index is 1.66. The number of aryl methyl sites for hydroxylation is 2. The van der Waals surface area contributed by atoms with Crippen molar-refractivity contribution in [3.05, 3.63) is 101 Å². The molecule has 0 bridgehead atoms. The smallest absolute Gasteiger partial charge is 0.231 e. The first-order valence-electron chi connectivity index (χ1n) is 9.34. The van der Waals surface area contributed by atoms with Crippen molar-refractivity contribution in [2.45, 2.75) is 25.9 Å². The zero-order chi connectivity index (χ0) is 19.9. The van der Waals surface area contributed by atoms with Gasteiger partial charge in [-0.1, -0.05) is 54.6 Å². The Hall–Kier alpha value is -2.98. The fourth-order valence-corrected chi connectivity index (χ4v) is 3.15. The number of halogens is 1. The maximum atomic E-state index is 13.5. The molecule has 0 aromatic heterocycles. The van der Waals surface area contributed by atoms with Gasteiger partial charge in [0.1, 0.15) is 5.82 Å². The molecule has 0 spiro atoms. The molecule has 0 saturated heterocycles. The number of aliphatic hydroxyl groups excluding tert-OH is 1. The van der Waals surface area contributed by atoms with Crippen LogP contribution in [0.4, 0.5) is 10.1 Å². The number of amides is 1. The zero-order valence-corrected chi connectivity index (χ0v) is 15.9. The third-order valence-corrected chi connectivity index (χ3v) is 4.85. The van der Waals surface area contributed by atoms with Gasteiger partial charge in [0.05, 0.1) is 13.0 Å². The molecule has 3 rings (SSSR count). The molecule has 144 valence electrons. The predicted molar refractivity (Wildman–Crippen MR) is 110 cm³/mol. The first-order chi connectivity index (χ1) is 13.6. The lowest BCUT2D eigenvalue weighted by molar-refractivity contribution is -0.117. The van der Waals surface area contributed by atoms with Crippen LogP contribution in [0.3, 0.4) is 0 Å². The van der Waals surface area contributed by atoms with Crippen LogP contribution < -0.4 is 4.90 Å². The van der Waals surface area contributed by atoms with Crippen LogP contribution in [0, 0.1) is 5.82 Å². The molecule has 0 unspecified atom stereocenters. The SMILES string of the molecule is CN(C(=O)Cc1ccc(F)c(CO)c1)c1cccc(CCc2ccccc2)c1. The van der Waals surface area contributed by atoms with Gasteiger partial charge in [-0.25, -0.2) is 4.39 Å². The molecule has 1 amide bonds. The Morgan fingerprint density at radius 3 is 2.36 bits per heavy atom. The highest BCUT2D eigenvalue weighted by Crippen LogP contribution is 2.19. The Kier molecular flexibility index (Phi) is 6.56. The Morgan fingerprint density at radius 2 is 1.61 bits per heavy atom. The van der Waals surface area contributed by atoms with Crippen molar-refractivity contribution in [2.24, 2.45) is 0 Å². The van der Waals surface area contributed by atoms with E-state index in [4.69, 9.17) is 0 Å². The normalized spacial score (nSPS) is 10.7. The summed E-state index contributed by atoms with van der Waals surface area (Å²) in [6, 6.07) is 22.7. The lowest BCUT2D eigenvalue weighted by atomic mass is 10.0. The molecule has 0 fully saturated rings. The van der Waals surface area contributed by atoms with Crippen molar-refractivity contribution < 1.29 is 14.3 Å². The second-order valence-electron chi connectivity index (χ2n) is 6.87. The van der Waals surface area contributed by atoms with Gasteiger partial charge in [-0.2, -0.15) is 0 Å². The van der Waals surface area contributed by atoms with Crippen molar-refractivity contribution in [3.63, 3.8) is 0 Å². The number of carbonyl (C=O) groups excluding carboxylic acids is 1. The topological polar surface area (TPSA) is 40.5 Å². The summed E-state index contributed by atoms with van der Waals surface area (Å²) in [5.74, 6) is -0.547. The van der Waals surface area contributed by atoms with Crippen molar-refractivity contribution in [1.29, 1.82) is 0 Å². The van der Waals surface area contributed by atoms with Crippen LogP contribution in [0.1, 0.15) is 22.3 Å². The second-order valence-corrected chi connectivity index (χ2v) is 6.87. The summed E-state index contributed by atoms with van der Waals surface area (Å²) in [6.45, 7) is -0.382. The zero-order valence-electron chi connectivity index (χ0n) is 15.9. The molecule has 0 heterocycles. The average Bonchev–Trinajstić information content (AvgIpc) is 2.74. The lowest BCUT2D eigenvalue weighted by Crippen LogP contribution is -2.28. The minimum Gasteiger partial charge on any atom is -0.392 e. The van der Waals surface area contributed by atoms with Crippen LogP contribution in [0.15, 0.2) is 72.8 Å². The quantitative estimate of drug-likeness (QED) is 0.667. The highest BCUT2D eigenvalue weighted by Gasteiger charge is 2.13. The number of aliphatic hydroxyl groups is 1. The molecule has 0 aliphatic rings. The summed E-state index contributed by atoms with van der Waals surface area (Å²) in [6.07, 6.45) is 2.00. The highest BCUT2D eigenvalue weighted by molar-refractivity contribution is 5.94. The molecule has 0 atom stereocenters. The van der Waals surface area contributed by atoms with Gasteiger partial charge in [-0.3, -0.25) is 4.79 Å². The second kappa shape index (κ2) is 9.29. The standard InChI is InChI=1S/C24H24FNO2/c1-26(24(28)16-20-12-13-23(25)21(14-20)17-27)22-9-5-8-19(15-22)11-10-18-6-3-2-4-7-18/h2-9,12-15,27H,10-11,16-17H2,1H3. The maximum Gasteiger partial charge on any atom is 0.231 e. The largest absolute Gasteiger partial charge is 0.392 e. The van der Waals surface area contributed by atoms with Crippen LogP contribution in [-0.4, -0.2) is 18.1 Å². The number of likely N-dealkylation sites (N-methyl/N-ethyl adjacent to an activating group) is 1. The number of hydrogen-bond acceptors (Lipinski definition) is 2. The average molecular weight is 377 g/mol. The summed E-state index contributed by atoms with van der Waals surface area (Å²) in [5, 5.41) is 9.19. The van der Waals surface area contributed by atoms with Crippen LogP contribution in [-0.2, 0) is 30.7 Å². The van der Waals surface area contributed by atoms with E-state index in [2.05, 4.69) is 18.2 Å². The molecule has 3 nitrogen and oxygen atoms in total. The molecule has 0 radical (unpaired) electrons. The van der Waals surface area contributed by atoms with E-state index in [0.29, 0.717) is 5.56 Å². The van der Waals surface area contributed by atoms with Crippen molar-refractivity contribution in [1.82, 2.24) is 0 Å².